The molecule has 1 atom stereocenters. The fraction of sp³-hybridized carbons (Fsp3) is 0.300. The number of urea groups is 1. The lowest BCUT2D eigenvalue weighted by Gasteiger charge is -2.17. The van der Waals surface area contributed by atoms with Gasteiger partial charge in [-0.2, -0.15) is 0 Å². The van der Waals surface area contributed by atoms with E-state index in [0.717, 1.165) is 24.1 Å². The van der Waals surface area contributed by atoms with Crippen molar-refractivity contribution >= 4 is 29.2 Å². The minimum absolute atomic E-state index is 0.167. The van der Waals surface area contributed by atoms with Gasteiger partial charge in [-0.25, -0.2) is 4.79 Å². The van der Waals surface area contributed by atoms with Crippen LogP contribution in [0, 0.1) is 0 Å². The number of halogens is 1. The lowest BCUT2D eigenvalue weighted by Crippen LogP contribution is -2.31. The molecule has 1 aliphatic rings. The highest BCUT2D eigenvalue weighted by Crippen LogP contribution is 2.19. The first-order chi connectivity index (χ1) is 12.5. The lowest BCUT2D eigenvalue weighted by atomic mass is 10.1. The van der Waals surface area contributed by atoms with Crippen molar-refractivity contribution in [2.45, 2.75) is 32.4 Å². The first-order valence-electron chi connectivity index (χ1n) is 8.71. The summed E-state index contributed by atoms with van der Waals surface area (Å²) < 4.78 is 0. The molecule has 0 aliphatic carbocycles. The summed E-state index contributed by atoms with van der Waals surface area (Å²) in [5.41, 5.74) is 2.64. The van der Waals surface area contributed by atoms with Gasteiger partial charge in [0.1, 0.15) is 0 Å². The molecular formula is C20H22ClN3O2. The van der Waals surface area contributed by atoms with Crippen molar-refractivity contribution in [1.29, 1.82) is 0 Å². The SMILES string of the molecule is C[C@@H](NC(=O)Nc1cccc(CN2CCCC2=O)c1)c1cccc(Cl)c1. The average Bonchev–Trinajstić information content (AvgIpc) is 3.00. The maximum absolute atomic E-state index is 12.3. The molecule has 26 heavy (non-hydrogen) atoms. The molecule has 1 aliphatic heterocycles. The van der Waals surface area contributed by atoms with Gasteiger partial charge < -0.3 is 15.5 Å². The number of carbonyl (C=O) groups is 2. The Morgan fingerprint density at radius 2 is 2.04 bits per heavy atom. The molecule has 3 rings (SSSR count). The van der Waals surface area contributed by atoms with E-state index < -0.39 is 0 Å². The Labute approximate surface area is 158 Å². The molecule has 0 bridgehead atoms. The molecule has 1 heterocycles. The van der Waals surface area contributed by atoms with Crippen molar-refractivity contribution in [1.82, 2.24) is 10.2 Å². The van der Waals surface area contributed by atoms with Crippen LogP contribution in [0.25, 0.3) is 0 Å². The van der Waals surface area contributed by atoms with Crippen molar-refractivity contribution < 1.29 is 9.59 Å². The molecule has 136 valence electrons. The van der Waals surface area contributed by atoms with Crippen molar-refractivity contribution in [2.24, 2.45) is 0 Å². The van der Waals surface area contributed by atoms with E-state index in [1.54, 1.807) is 6.07 Å². The zero-order chi connectivity index (χ0) is 18.5. The highest BCUT2D eigenvalue weighted by atomic mass is 35.5. The third-order valence-electron chi connectivity index (χ3n) is 4.43. The Hall–Kier alpha value is -2.53. The molecular weight excluding hydrogens is 350 g/mol. The van der Waals surface area contributed by atoms with Gasteiger partial charge in [0, 0.05) is 30.2 Å². The third kappa shape index (κ3) is 4.76. The summed E-state index contributed by atoms with van der Waals surface area (Å²) >= 11 is 6.00. The smallest absolute Gasteiger partial charge is 0.319 e. The second-order valence-corrected chi connectivity index (χ2v) is 6.93. The van der Waals surface area contributed by atoms with Gasteiger partial charge in [0.15, 0.2) is 0 Å². The number of carbonyl (C=O) groups excluding carboxylic acids is 2. The maximum Gasteiger partial charge on any atom is 0.319 e. The molecule has 1 saturated heterocycles. The molecule has 1 fully saturated rings. The van der Waals surface area contributed by atoms with Gasteiger partial charge in [0.25, 0.3) is 0 Å². The third-order valence-corrected chi connectivity index (χ3v) is 4.66. The van der Waals surface area contributed by atoms with Gasteiger partial charge in [0.05, 0.1) is 6.04 Å². The van der Waals surface area contributed by atoms with E-state index in [1.807, 2.05) is 54.3 Å². The molecule has 2 N–H and O–H groups in total. The quantitative estimate of drug-likeness (QED) is 0.821. The maximum atomic E-state index is 12.3. The number of benzene rings is 2. The predicted octanol–water partition coefficient (Wildman–Crippen LogP) is 4.35. The number of nitrogens with one attached hydrogen (secondary N) is 2. The van der Waals surface area contributed by atoms with Crippen LogP contribution in [0.4, 0.5) is 10.5 Å². The average molecular weight is 372 g/mol. The van der Waals surface area contributed by atoms with Crippen molar-refractivity contribution in [3.05, 3.63) is 64.7 Å². The number of likely N-dealkylation sites (tertiary alicyclic amines) is 1. The number of hydrogen-bond donors (Lipinski definition) is 2. The van der Waals surface area contributed by atoms with Crippen molar-refractivity contribution in [3.8, 4) is 0 Å². The molecule has 0 spiro atoms. The van der Waals surface area contributed by atoms with E-state index in [4.69, 9.17) is 11.6 Å². The minimum Gasteiger partial charge on any atom is -0.338 e. The number of hydrogen-bond acceptors (Lipinski definition) is 2. The van der Waals surface area contributed by atoms with Crippen molar-refractivity contribution in [3.63, 3.8) is 0 Å². The monoisotopic (exact) mass is 371 g/mol. The molecule has 0 aromatic heterocycles. The van der Waals surface area contributed by atoms with Crippen LogP contribution >= 0.6 is 11.6 Å². The summed E-state index contributed by atoms with van der Waals surface area (Å²) in [7, 11) is 0. The standard InChI is InChI=1S/C20H22ClN3O2/c1-14(16-6-3-7-17(21)12-16)22-20(26)23-18-8-2-5-15(11-18)13-24-10-4-9-19(24)25/h2-3,5-8,11-12,14H,4,9-10,13H2,1H3,(H2,22,23,26)/t14-/m1/s1. The molecule has 2 aromatic carbocycles. The Bertz CT molecular complexity index is 809. The van der Waals surface area contributed by atoms with Gasteiger partial charge in [0.2, 0.25) is 5.91 Å². The van der Waals surface area contributed by atoms with Crippen LogP contribution in [0.1, 0.15) is 36.9 Å². The Kier molecular flexibility index (Phi) is 5.78. The fourth-order valence-electron chi connectivity index (χ4n) is 3.06. The molecule has 0 saturated carbocycles. The molecule has 3 amide bonds. The summed E-state index contributed by atoms with van der Waals surface area (Å²) in [6.45, 7) is 3.28. The highest BCUT2D eigenvalue weighted by Gasteiger charge is 2.20. The Balaban J connectivity index is 1.58. The van der Waals surface area contributed by atoms with Gasteiger partial charge >= 0.3 is 6.03 Å². The number of rotatable bonds is 5. The van der Waals surface area contributed by atoms with E-state index in [1.165, 1.54) is 0 Å². The van der Waals surface area contributed by atoms with E-state index in [9.17, 15) is 9.59 Å². The van der Waals surface area contributed by atoms with E-state index in [0.29, 0.717) is 23.7 Å². The summed E-state index contributed by atoms with van der Waals surface area (Å²) in [5, 5.41) is 6.39. The fourth-order valence-corrected chi connectivity index (χ4v) is 3.26. The molecule has 0 unspecified atom stereocenters. The van der Waals surface area contributed by atoms with Crippen LogP contribution in [-0.2, 0) is 11.3 Å². The van der Waals surface area contributed by atoms with E-state index in [-0.39, 0.29) is 18.0 Å². The first kappa shape index (κ1) is 18.3. The van der Waals surface area contributed by atoms with E-state index >= 15 is 0 Å². The summed E-state index contributed by atoms with van der Waals surface area (Å²) in [6, 6.07) is 14.5. The minimum atomic E-state index is -0.285. The van der Waals surface area contributed by atoms with Gasteiger partial charge in [-0.05, 0) is 48.7 Å². The molecule has 5 nitrogen and oxygen atoms in total. The van der Waals surface area contributed by atoms with Crippen LogP contribution in [0.15, 0.2) is 48.5 Å². The second-order valence-electron chi connectivity index (χ2n) is 6.49. The summed E-state index contributed by atoms with van der Waals surface area (Å²) in [5.74, 6) is 0.191. The van der Waals surface area contributed by atoms with Gasteiger partial charge in [-0.3, -0.25) is 4.79 Å². The zero-order valence-electron chi connectivity index (χ0n) is 14.7. The largest absolute Gasteiger partial charge is 0.338 e. The van der Waals surface area contributed by atoms with Crippen molar-refractivity contribution in [2.75, 3.05) is 11.9 Å². The van der Waals surface area contributed by atoms with E-state index in [2.05, 4.69) is 10.6 Å². The summed E-state index contributed by atoms with van der Waals surface area (Å²) in [6.07, 6.45) is 1.54. The lowest BCUT2D eigenvalue weighted by molar-refractivity contribution is -0.128. The van der Waals surface area contributed by atoms with Crippen LogP contribution < -0.4 is 10.6 Å². The number of amides is 3. The Morgan fingerprint density at radius 3 is 2.77 bits per heavy atom. The Morgan fingerprint density at radius 1 is 1.23 bits per heavy atom. The van der Waals surface area contributed by atoms with Crippen LogP contribution in [0.2, 0.25) is 5.02 Å². The topological polar surface area (TPSA) is 61.4 Å². The molecule has 0 radical (unpaired) electrons. The zero-order valence-corrected chi connectivity index (χ0v) is 15.4. The summed E-state index contributed by atoms with van der Waals surface area (Å²) in [4.78, 5) is 25.9. The number of anilines is 1. The molecule has 6 heteroatoms. The second kappa shape index (κ2) is 8.23. The normalized spacial score (nSPS) is 15.0. The van der Waals surface area contributed by atoms with Gasteiger partial charge in [-0.1, -0.05) is 35.9 Å². The number of nitrogens with zero attached hydrogens (tertiary/aromatic N) is 1. The van der Waals surface area contributed by atoms with Gasteiger partial charge in [-0.15, -0.1) is 0 Å². The molecule has 2 aromatic rings. The van der Waals surface area contributed by atoms with Crippen LogP contribution in [0.3, 0.4) is 0 Å². The van der Waals surface area contributed by atoms with Crippen LogP contribution in [-0.4, -0.2) is 23.4 Å². The highest BCUT2D eigenvalue weighted by molar-refractivity contribution is 6.30. The first-order valence-corrected chi connectivity index (χ1v) is 9.09. The van der Waals surface area contributed by atoms with Crippen LogP contribution in [0.5, 0.6) is 0 Å². The predicted molar refractivity (Wildman–Crippen MR) is 103 cm³/mol.